The summed E-state index contributed by atoms with van der Waals surface area (Å²) in [5, 5.41) is 3.20. The van der Waals surface area contributed by atoms with E-state index in [2.05, 4.69) is 12.2 Å². The highest BCUT2D eigenvalue weighted by Crippen LogP contribution is 2.18. The first-order valence-corrected chi connectivity index (χ1v) is 10.2. The van der Waals surface area contributed by atoms with E-state index in [9.17, 15) is 13.2 Å². The fourth-order valence-electron chi connectivity index (χ4n) is 2.29. The first-order valence-electron chi connectivity index (χ1n) is 8.71. The first-order chi connectivity index (χ1) is 11.7. The van der Waals surface area contributed by atoms with Crippen LogP contribution in [0.5, 0.6) is 5.75 Å². The van der Waals surface area contributed by atoms with E-state index >= 15 is 0 Å². The Morgan fingerprint density at radius 3 is 2.20 bits per heavy atom. The zero-order valence-corrected chi connectivity index (χ0v) is 16.1. The standard InChI is InChI=1S/C18H29NO5S/c1-4-5-6-7-8-9-14-19-18(2,3)17(20)24-15-10-12-16(13-11-15)25(21,22)23/h10-13,19H,4-9,14H2,1-3H3,(H,21,22,23). The van der Waals surface area contributed by atoms with Crippen LogP contribution in [0.25, 0.3) is 0 Å². The zero-order valence-electron chi connectivity index (χ0n) is 15.2. The highest BCUT2D eigenvalue weighted by Gasteiger charge is 2.29. The van der Waals surface area contributed by atoms with Crippen LogP contribution in [0.4, 0.5) is 0 Å². The van der Waals surface area contributed by atoms with Gasteiger partial charge in [0.15, 0.2) is 0 Å². The van der Waals surface area contributed by atoms with E-state index in [0.29, 0.717) is 0 Å². The van der Waals surface area contributed by atoms with Gasteiger partial charge in [0.1, 0.15) is 11.3 Å². The number of unbranched alkanes of at least 4 members (excludes halogenated alkanes) is 5. The van der Waals surface area contributed by atoms with Gasteiger partial charge in [-0.25, -0.2) is 4.79 Å². The van der Waals surface area contributed by atoms with Crippen LogP contribution in [0, 0.1) is 0 Å². The molecule has 1 aromatic rings. The van der Waals surface area contributed by atoms with Gasteiger partial charge in [0.2, 0.25) is 0 Å². The Balaban J connectivity index is 2.44. The minimum absolute atomic E-state index is 0.229. The molecule has 0 aliphatic carbocycles. The van der Waals surface area contributed by atoms with Gasteiger partial charge in [-0.2, -0.15) is 8.42 Å². The molecule has 0 heterocycles. The summed E-state index contributed by atoms with van der Waals surface area (Å²) in [6.45, 7) is 6.42. The van der Waals surface area contributed by atoms with Gasteiger partial charge >= 0.3 is 5.97 Å². The lowest BCUT2D eigenvalue weighted by atomic mass is 10.1. The van der Waals surface area contributed by atoms with Gasteiger partial charge in [0.25, 0.3) is 10.1 Å². The number of hydrogen-bond acceptors (Lipinski definition) is 5. The Hall–Kier alpha value is -1.44. The summed E-state index contributed by atoms with van der Waals surface area (Å²) in [7, 11) is -4.25. The van der Waals surface area contributed by atoms with Crippen molar-refractivity contribution in [3.63, 3.8) is 0 Å². The summed E-state index contributed by atoms with van der Waals surface area (Å²) in [5.74, 6) is -0.218. The molecule has 0 aliphatic heterocycles. The predicted molar refractivity (Wildman–Crippen MR) is 97.3 cm³/mol. The lowest BCUT2D eigenvalue weighted by molar-refractivity contribution is -0.140. The molecule has 0 atom stereocenters. The highest BCUT2D eigenvalue weighted by molar-refractivity contribution is 7.85. The molecule has 2 N–H and O–H groups in total. The van der Waals surface area contributed by atoms with Crippen LogP contribution >= 0.6 is 0 Å². The summed E-state index contributed by atoms with van der Waals surface area (Å²) in [5.41, 5.74) is -0.842. The molecule has 6 nitrogen and oxygen atoms in total. The molecular weight excluding hydrogens is 342 g/mol. The van der Waals surface area contributed by atoms with E-state index in [1.807, 2.05) is 0 Å². The molecule has 0 spiro atoms. The monoisotopic (exact) mass is 371 g/mol. The lowest BCUT2D eigenvalue weighted by Crippen LogP contribution is -2.49. The van der Waals surface area contributed by atoms with Gasteiger partial charge < -0.3 is 10.1 Å². The fourth-order valence-corrected chi connectivity index (χ4v) is 2.77. The van der Waals surface area contributed by atoms with E-state index in [0.717, 1.165) is 19.4 Å². The van der Waals surface area contributed by atoms with Gasteiger partial charge in [-0.3, -0.25) is 4.55 Å². The second kappa shape index (κ2) is 9.89. The smallest absolute Gasteiger partial charge is 0.331 e. The van der Waals surface area contributed by atoms with Gasteiger partial charge in [-0.05, 0) is 51.1 Å². The van der Waals surface area contributed by atoms with Gasteiger partial charge in [0.05, 0.1) is 4.90 Å². The average molecular weight is 371 g/mol. The lowest BCUT2D eigenvalue weighted by Gasteiger charge is -2.24. The molecule has 7 heteroatoms. The number of hydrogen-bond donors (Lipinski definition) is 2. The maximum atomic E-state index is 12.3. The van der Waals surface area contributed by atoms with Crippen LogP contribution in [0.15, 0.2) is 29.2 Å². The molecular formula is C18H29NO5S. The first kappa shape index (κ1) is 21.6. The number of benzene rings is 1. The number of carbonyl (C=O) groups excluding carboxylic acids is 1. The van der Waals surface area contributed by atoms with E-state index in [1.165, 1.54) is 49.9 Å². The third-order valence-corrected chi connectivity index (χ3v) is 4.81. The van der Waals surface area contributed by atoms with Crippen molar-refractivity contribution in [1.82, 2.24) is 5.32 Å². The van der Waals surface area contributed by atoms with E-state index < -0.39 is 21.6 Å². The van der Waals surface area contributed by atoms with Crippen molar-refractivity contribution in [3.05, 3.63) is 24.3 Å². The number of ether oxygens (including phenoxy) is 1. The van der Waals surface area contributed by atoms with Crippen LogP contribution in [-0.2, 0) is 14.9 Å². The zero-order chi connectivity index (χ0) is 18.9. The van der Waals surface area contributed by atoms with Gasteiger partial charge in [0, 0.05) is 0 Å². The van der Waals surface area contributed by atoms with Crippen molar-refractivity contribution >= 4 is 16.1 Å². The second-order valence-electron chi connectivity index (χ2n) is 6.66. The Labute approximate surface area is 150 Å². The molecule has 1 rings (SSSR count). The molecule has 0 bridgehead atoms. The SMILES string of the molecule is CCCCCCCCNC(C)(C)C(=O)Oc1ccc(S(=O)(=O)O)cc1. The molecule has 142 valence electrons. The molecule has 1 aromatic carbocycles. The number of esters is 1. The van der Waals surface area contributed by atoms with Crippen LogP contribution < -0.4 is 10.1 Å². The average Bonchev–Trinajstić information content (AvgIpc) is 2.53. The number of rotatable bonds is 11. The normalized spacial score (nSPS) is 12.2. The third-order valence-electron chi connectivity index (χ3n) is 3.94. The molecule has 0 fully saturated rings. The molecule has 0 unspecified atom stereocenters. The Morgan fingerprint density at radius 2 is 1.64 bits per heavy atom. The van der Waals surface area contributed by atoms with Crippen molar-refractivity contribution in [2.45, 2.75) is 69.7 Å². The minimum atomic E-state index is -4.25. The molecule has 0 saturated carbocycles. The van der Waals surface area contributed by atoms with Crippen LogP contribution in [0.3, 0.4) is 0 Å². The van der Waals surface area contributed by atoms with E-state index in [-0.39, 0.29) is 10.6 Å². The number of carbonyl (C=O) groups is 1. The molecule has 0 aliphatic rings. The summed E-state index contributed by atoms with van der Waals surface area (Å²) >= 11 is 0. The quantitative estimate of drug-likeness (QED) is 0.267. The third kappa shape index (κ3) is 7.98. The molecule has 0 saturated heterocycles. The Kier molecular flexibility index (Phi) is 8.55. The summed E-state index contributed by atoms with van der Waals surface area (Å²) < 4.78 is 36.2. The van der Waals surface area contributed by atoms with Gasteiger partial charge in [-0.15, -0.1) is 0 Å². The Bertz CT molecular complexity index is 638. The minimum Gasteiger partial charge on any atom is -0.425 e. The van der Waals surface area contributed by atoms with E-state index in [1.54, 1.807) is 13.8 Å². The molecule has 0 amide bonds. The predicted octanol–water partition coefficient (Wildman–Crippen LogP) is 3.57. The van der Waals surface area contributed by atoms with Crippen molar-refractivity contribution in [2.75, 3.05) is 6.54 Å². The highest BCUT2D eigenvalue weighted by atomic mass is 32.2. The van der Waals surface area contributed by atoms with Crippen LogP contribution in [0.2, 0.25) is 0 Å². The topological polar surface area (TPSA) is 92.7 Å². The van der Waals surface area contributed by atoms with Crippen molar-refractivity contribution in [1.29, 1.82) is 0 Å². The molecule has 25 heavy (non-hydrogen) atoms. The molecule has 0 radical (unpaired) electrons. The maximum Gasteiger partial charge on any atom is 0.331 e. The van der Waals surface area contributed by atoms with Gasteiger partial charge in [-0.1, -0.05) is 39.0 Å². The van der Waals surface area contributed by atoms with Crippen molar-refractivity contribution in [3.8, 4) is 5.75 Å². The van der Waals surface area contributed by atoms with Crippen LogP contribution in [-0.4, -0.2) is 31.0 Å². The van der Waals surface area contributed by atoms with Crippen molar-refractivity contribution < 1.29 is 22.5 Å². The number of nitrogens with one attached hydrogen (secondary N) is 1. The summed E-state index contributed by atoms with van der Waals surface area (Å²) in [4.78, 5) is 12.0. The van der Waals surface area contributed by atoms with E-state index in [4.69, 9.17) is 9.29 Å². The summed E-state index contributed by atoms with van der Waals surface area (Å²) in [6.07, 6.45) is 7.09. The summed E-state index contributed by atoms with van der Waals surface area (Å²) in [6, 6.07) is 5.05. The fraction of sp³-hybridized carbons (Fsp3) is 0.611. The maximum absolute atomic E-state index is 12.3. The van der Waals surface area contributed by atoms with Crippen molar-refractivity contribution in [2.24, 2.45) is 0 Å². The Morgan fingerprint density at radius 1 is 1.08 bits per heavy atom. The molecule has 0 aromatic heterocycles. The largest absolute Gasteiger partial charge is 0.425 e. The second-order valence-corrected chi connectivity index (χ2v) is 8.08. The van der Waals surface area contributed by atoms with Crippen LogP contribution in [0.1, 0.15) is 59.3 Å².